The van der Waals surface area contributed by atoms with Crippen LogP contribution in [-0.2, 0) is 4.79 Å². The van der Waals surface area contributed by atoms with Gasteiger partial charge in [0, 0.05) is 30.8 Å². The van der Waals surface area contributed by atoms with E-state index in [0.29, 0.717) is 0 Å². The smallest absolute Gasteiger partial charge is 0.303 e. The lowest BCUT2D eigenvalue weighted by molar-refractivity contribution is -0.137. The number of carbonyl (C=O) groups is 2. The van der Waals surface area contributed by atoms with Gasteiger partial charge in [0.2, 0.25) is 5.56 Å². The largest absolute Gasteiger partial charge is 0.481 e. The van der Waals surface area contributed by atoms with Gasteiger partial charge in [0.15, 0.2) is 0 Å². The summed E-state index contributed by atoms with van der Waals surface area (Å²) in [6.07, 6.45) is 1.38. The first-order chi connectivity index (χ1) is 7.99. The van der Waals surface area contributed by atoms with Gasteiger partial charge in [-0.3, -0.25) is 14.4 Å². The van der Waals surface area contributed by atoms with Gasteiger partial charge in [-0.15, -0.1) is 0 Å². The second-order valence-electron chi connectivity index (χ2n) is 3.85. The number of nitrogens with one attached hydrogen (secondary N) is 2. The maximum atomic E-state index is 11.6. The first-order valence-corrected chi connectivity index (χ1v) is 5.17. The molecule has 1 rings (SSSR count). The maximum absolute atomic E-state index is 11.6. The van der Waals surface area contributed by atoms with Crippen LogP contribution in [0.5, 0.6) is 0 Å². The van der Waals surface area contributed by atoms with E-state index in [1.165, 1.54) is 18.3 Å². The summed E-state index contributed by atoms with van der Waals surface area (Å²) in [4.78, 5) is 35.4. The van der Waals surface area contributed by atoms with Crippen molar-refractivity contribution in [3.8, 4) is 0 Å². The van der Waals surface area contributed by atoms with Gasteiger partial charge >= 0.3 is 5.97 Å². The molecule has 1 aromatic heterocycles. The lowest BCUT2D eigenvalue weighted by Crippen LogP contribution is -2.29. The molecular formula is C11H14N2O4. The summed E-state index contributed by atoms with van der Waals surface area (Å²) >= 11 is 0. The summed E-state index contributed by atoms with van der Waals surface area (Å²) in [6.45, 7) is 1.99. The fraction of sp³-hybridized carbons (Fsp3) is 0.364. The van der Waals surface area contributed by atoms with E-state index in [0.717, 1.165) is 0 Å². The molecule has 0 bridgehead atoms. The monoisotopic (exact) mass is 238 g/mol. The Morgan fingerprint density at radius 2 is 2.24 bits per heavy atom. The fourth-order valence-electron chi connectivity index (χ4n) is 1.33. The molecule has 0 saturated carbocycles. The van der Waals surface area contributed by atoms with E-state index in [9.17, 15) is 14.4 Å². The number of aromatic amines is 1. The predicted molar refractivity (Wildman–Crippen MR) is 60.8 cm³/mol. The molecule has 0 aromatic carbocycles. The van der Waals surface area contributed by atoms with Gasteiger partial charge in [-0.05, 0) is 12.0 Å². The third-order valence-corrected chi connectivity index (χ3v) is 2.17. The molecule has 6 nitrogen and oxygen atoms in total. The van der Waals surface area contributed by atoms with Crippen LogP contribution in [0.4, 0.5) is 0 Å². The van der Waals surface area contributed by atoms with Crippen LogP contribution in [0.2, 0.25) is 0 Å². The van der Waals surface area contributed by atoms with Crippen molar-refractivity contribution in [3.63, 3.8) is 0 Å². The van der Waals surface area contributed by atoms with Crippen molar-refractivity contribution in [1.82, 2.24) is 10.3 Å². The number of pyridine rings is 1. The summed E-state index contributed by atoms with van der Waals surface area (Å²) in [5.41, 5.74) is -0.0903. The van der Waals surface area contributed by atoms with Gasteiger partial charge in [-0.2, -0.15) is 0 Å². The average molecular weight is 238 g/mol. The van der Waals surface area contributed by atoms with Gasteiger partial charge in [0.25, 0.3) is 5.91 Å². The highest BCUT2D eigenvalue weighted by molar-refractivity contribution is 5.93. The number of H-pyrrole nitrogens is 1. The minimum absolute atomic E-state index is 0.00431. The number of carboxylic acids is 1. The average Bonchev–Trinajstić information content (AvgIpc) is 2.25. The minimum atomic E-state index is -0.900. The lowest BCUT2D eigenvalue weighted by atomic mass is 10.1. The maximum Gasteiger partial charge on any atom is 0.303 e. The molecule has 1 unspecified atom stereocenters. The molecule has 1 aromatic rings. The summed E-state index contributed by atoms with van der Waals surface area (Å²) in [5.74, 6) is -1.44. The zero-order valence-electron chi connectivity index (χ0n) is 9.40. The van der Waals surface area contributed by atoms with Crippen LogP contribution >= 0.6 is 0 Å². The Morgan fingerprint density at radius 1 is 1.53 bits per heavy atom. The molecule has 0 radical (unpaired) electrons. The minimum Gasteiger partial charge on any atom is -0.481 e. The highest BCUT2D eigenvalue weighted by atomic mass is 16.4. The predicted octanol–water partition coefficient (Wildman–Crippen LogP) is 0.215. The summed E-state index contributed by atoms with van der Waals surface area (Å²) < 4.78 is 0. The number of hydrogen-bond acceptors (Lipinski definition) is 3. The lowest BCUT2D eigenvalue weighted by Gasteiger charge is -2.09. The second kappa shape index (κ2) is 5.83. The van der Waals surface area contributed by atoms with E-state index in [1.807, 2.05) is 0 Å². The van der Waals surface area contributed by atoms with Gasteiger partial charge in [0.1, 0.15) is 0 Å². The van der Waals surface area contributed by atoms with E-state index in [-0.39, 0.29) is 35.9 Å². The van der Waals surface area contributed by atoms with Crippen LogP contribution in [0.1, 0.15) is 23.7 Å². The highest BCUT2D eigenvalue weighted by Crippen LogP contribution is 2.00. The zero-order valence-corrected chi connectivity index (χ0v) is 9.40. The summed E-state index contributed by atoms with van der Waals surface area (Å²) in [6, 6.07) is 2.68. The molecule has 0 saturated heterocycles. The molecule has 0 spiro atoms. The van der Waals surface area contributed by atoms with Crippen LogP contribution in [0.25, 0.3) is 0 Å². The number of aromatic nitrogens is 1. The number of hydrogen-bond donors (Lipinski definition) is 3. The normalized spacial score (nSPS) is 11.8. The van der Waals surface area contributed by atoms with E-state index < -0.39 is 5.97 Å². The van der Waals surface area contributed by atoms with Gasteiger partial charge < -0.3 is 15.4 Å². The van der Waals surface area contributed by atoms with E-state index in [1.54, 1.807) is 6.92 Å². The molecule has 92 valence electrons. The van der Waals surface area contributed by atoms with Gasteiger partial charge in [-0.1, -0.05) is 6.92 Å². The Kier molecular flexibility index (Phi) is 4.45. The quantitative estimate of drug-likeness (QED) is 0.683. The molecule has 1 amide bonds. The Hall–Kier alpha value is -2.11. The van der Waals surface area contributed by atoms with E-state index >= 15 is 0 Å². The third-order valence-electron chi connectivity index (χ3n) is 2.17. The molecular weight excluding hydrogens is 224 g/mol. The zero-order chi connectivity index (χ0) is 12.8. The first kappa shape index (κ1) is 13.0. The van der Waals surface area contributed by atoms with Crippen molar-refractivity contribution in [3.05, 3.63) is 34.2 Å². The van der Waals surface area contributed by atoms with E-state index in [2.05, 4.69) is 10.3 Å². The number of amides is 1. The van der Waals surface area contributed by atoms with Gasteiger partial charge in [-0.25, -0.2) is 0 Å². The van der Waals surface area contributed by atoms with Crippen molar-refractivity contribution in [2.24, 2.45) is 5.92 Å². The molecule has 0 aliphatic carbocycles. The third kappa shape index (κ3) is 4.50. The van der Waals surface area contributed by atoms with Crippen LogP contribution in [0, 0.1) is 5.92 Å². The molecule has 1 atom stereocenters. The molecule has 0 aliphatic heterocycles. The summed E-state index contributed by atoms with van der Waals surface area (Å²) in [7, 11) is 0. The topological polar surface area (TPSA) is 99.3 Å². The highest BCUT2D eigenvalue weighted by Gasteiger charge is 2.10. The Bertz CT molecular complexity index is 467. The number of carboxylic acid groups (broad SMARTS) is 1. The standard InChI is InChI=1S/C11H14N2O4/c1-7(4-10(15)16)6-13-11(17)8-2-3-12-9(14)5-8/h2-3,5,7H,4,6H2,1H3,(H,12,14)(H,13,17)(H,15,16). The van der Waals surface area contributed by atoms with Crippen molar-refractivity contribution in [2.45, 2.75) is 13.3 Å². The van der Waals surface area contributed by atoms with E-state index in [4.69, 9.17) is 5.11 Å². The van der Waals surface area contributed by atoms with Crippen LogP contribution < -0.4 is 10.9 Å². The summed E-state index contributed by atoms with van der Waals surface area (Å²) in [5, 5.41) is 11.1. The van der Waals surface area contributed by atoms with Crippen molar-refractivity contribution in [1.29, 1.82) is 0 Å². The Balaban J connectivity index is 2.50. The van der Waals surface area contributed by atoms with Crippen molar-refractivity contribution in [2.75, 3.05) is 6.54 Å². The Morgan fingerprint density at radius 3 is 2.82 bits per heavy atom. The Labute approximate surface area is 97.7 Å². The SMILES string of the molecule is CC(CNC(=O)c1cc[nH]c(=O)c1)CC(=O)O. The van der Waals surface area contributed by atoms with Crippen LogP contribution in [0.3, 0.4) is 0 Å². The van der Waals surface area contributed by atoms with Crippen molar-refractivity contribution < 1.29 is 14.7 Å². The fourth-order valence-corrected chi connectivity index (χ4v) is 1.33. The molecule has 0 aliphatic rings. The molecule has 17 heavy (non-hydrogen) atoms. The van der Waals surface area contributed by atoms with Crippen LogP contribution in [-0.4, -0.2) is 28.5 Å². The molecule has 3 N–H and O–H groups in total. The van der Waals surface area contributed by atoms with Crippen LogP contribution in [0.15, 0.2) is 23.1 Å². The first-order valence-electron chi connectivity index (χ1n) is 5.17. The van der Waals surface area contributed by atoms with Crippen molar-refractivity contribution >= 4 is 11.9 Å². The van der Waals surface area contributed by atoms with Gasteiger partial charge in [0.05, 0.1) is 0 Å². The number of carbonyl (C=O) groups excluding carboxylic acids is 1. The second-order valence-corrected chi connectivity index (χ2v) is 3.85. The number of aliphatic carboxylic acids is 1. The molecule has 1 heterocycles. The number of rotatable bonds is 5. The molecule has 6 heteroatoms. The molecule has 0 fully saturated rings.